The van der Waals surface area contributed by atoms with Crippen LogP contribution < -0.4 is 0 Å². The molecule has 2 heteroatoms. The van der Waals surface area contributed by atoms with Crippen LogP contribution in [0, 0.1) is 11.8 Å². The van der Waals surface area contributed by atoms with Crippen molar-refractivity contribution in [1.82, 2.24) is 0 Å². The van der Waals surface area contributed by atoms with E-state index in [2.05, 4.69) is 18.8 Å². The number of ether oxygens (including phenoxy) is 2. The van der Waals surface area contributed by atoms with E-state index in [4.69, 9.17) is 9.47 Å². The molecule has 1 atom stereocenters. The summed E-state index contributed by atoms with van der Waals surface area (Å²) in [4.78, 5) is 0. The first-order valence-electron chi connectivity index (χ1n) is 3.89. The standard InChI is InChI=1S/C9H16O2/c1-4-6-8-11-9(10-3)7-5-2/h9H,5,7-8H2,1-3H3. The van der Waals surface area contributed by atoms with Crippen LogP contribution in [0.5, 0.6) is 0 Å². The molecule has 0 aromatic carbocycles. The van der Waals surface area contributed by atoms with Gasteiger partial charge in [0.05, 0.1) is 0 Å². The molecule has 0 N–H and O–H groups in total. The third-order valence-electron chi connectivity index (χ3n) is 1.31. The zero-order chi connectivity index (χ0) is 8.53. The fraction of sp³-hybridized carbons (Fsp3) is 0.778. The van der Waals surface area contributed by atoms with Gasteiger partial charge in [-0.1, -0.05) is 19.3 Å². The summed E-state index contributed by atoms with van der Waals surface area (Å²) in [5.74, 6) is 5.58. The van der Waals surface area contributed by atoms with E-state index in [9.17, 15) is 0 Å². The summed E-state index contributed by atoms with van der Waals surface area (Å²) in [5.41, 5.74) is 0. The van der Waals surface area contributed by atoms with Gasteiger partial charge >= 0.3 is 0 Å². The van der Waals surface area contributed by atoms with E-state index in [0.717, 1.165) is 12.8 Å². The fourth-order valence-corrected chi connectivity index (χ4v) is 0.712. The van der Waals surface area contributed by atoms with Crippen LogP contribution in [0.4, 0.5) is 0 Å². The molecule has 0 aromatic heterocycles. The molecule has 0 rings (SSSR count). The molecule has 2 nitrogen and oxygen atoms in total. The third-order valence-corrected chi connectivity index (χ3v) is 1.31. The molecule has 0 bridgehead atoms. The van der Waals surface area contributed by atoms with Gasteiger partial charge in [0, 0.05) is 7.11 Å². The van der Waals surface area contributed by atoms with Crippen molar-refractivity contribution >= 4 is 0 Å². The van der Waals surface area contributed by atoms with Crippen molar-refractivity contribution in [3.05, 3.63) is 0 Å². The second-order valence-corrected chi connectivity index (χ2v) is 2.19. The molecular formula is C9H16O2. The number of methoxy groups -OCH3 is 1. The molecule has 0 saturated carbocycles. The number of hydrogen-bond acceptors (Lipinski definition) is 2. The highest BCUT2D eigenvalue weighted by atomic mass is 16.7. The van der Waals surface area contributed by atoms with E-state index < -0.39 is 0 Å². The van der Waals surface area contributed by atoms with E-state index in [1.165, 1.54) is 0 Å². The fourth-order valence-electron chi connectivity index (χ4n) is 0.712. The first-order valence-corrected chi connectivity index (χ1v) is 3.89. The molecule has 0 fully saturated rings. The van der Waals surface area contributed by atoms with Crippen molar-refractivity contribution < 1.29 is 9.47 Å². The van der Waals surface area contributed by atoms with Crippen molar-refractivity contribution in [2.75, 3.05) is 13.7 Å². The Hall–Kier alpha value is -0.520. The van der Waals surface area contributed by atoms with Crippen LogP contribution in [-0.2, 0) is 9.47 Å². The monoisotopic (exact) mass is 156 g/mol. The Kier molecular flexibility index (Phi) is 7.23. The minimum Gasteiger partial charge on any atom is -0.356 e. The van der Waals surface area contributed by atoms with Crippen molar-refractivity contribution in [1.29, 1.82) is 0 Å². The van der Waals surface area contributed by atoms with Gasteiger partial charge < -0.3 is 9.47 Å². The Bertz CT molecular complexity index is 132. The smallest absolute Gasteiger partial charge is 0.158 e. The quantitative estimate of drug-likeness (QED) is 0.446. The SMILES string of the molecule is CC#CCOC(CCC)OC. The first-order chi connectivity index (χ1) is 5.35. The normalized spacial score (nSPS) is 11.9. The minimum atomic E-state index is -0.0825. The molecule has 11 heavy (non-hydrogen) atoms. The van der Waals surface area contributed by atoms with Crippen LogP contribution >= 0.6 is 0 Å². The Morgan fingerprint density at radius 3 is 2.64 bits per heavy atom. The zero-order valence-corrected chi connectivity index (χ0v) is 7.52. The van der Waals surface area contributed by atoms with Gasteiger partial charge in [0.1, 0.15) is 6.61 Å². The molecule has 64 valence electrons. The molecule has 0 aliphatic carbocycles. The number of hydrogen-bond donors (Lipinski definition) is 0. The molecular weight excluding hydrogens is 140 g/mol. The highest BCUT2D eigenvalue weighted by molar-refractivity contribution is 4.94. The molecule has 1 unspecified atom stereocenters. The van der Waals surface area contributed by atoms with Crippen LogP contribution in [0.3, 0.4) is 0 Å². The molecule has 0 aromatic rings. The first kappa shape index (κ1) is 10.5. The molecule has 0 spiro atoms. The average molecular weight is 156 g/mol. The lowest BCUT2D eigenvalue weighted by molar-refractivity contribution is -0.117. The van der Waals surface area contributed by atoms with Crippen molar-refractivity contribution in [2.24, 2.45) is 0 Å². The zero-order valence-electron chi connectivity index (χ0n) is 7.52. The lowest BCUT2D eigenvalue weighted by Crippen LogP contribution is -2.14. The Labute approximate surface area is 68.9 Å². The lowest BCUT2D eigenvalue weighted by Gasteiger charge is -2.12. The maximum atomic E-state index is 5.28. The summed E-state index contributed by atoms with van der Waals surface area (Å²) in [6.45, 7) is 4.36. The van der Waals surface area contributed by atoms with Gasteiger partial charge in [0.2, 0.25) is 0 Å². The van der Waals surface area contributed by atoms with Crippen molar-refractivity contribution in [3.63, 3.8) is 0 Å². The van der Waals surface area contributed by atoms with E-state index in [1.54, 1.807) is 14.0 Å². The van der Waals surface area contributed by atoms with Gasteiger partial charge in [-0.2, -0.15) is 0 Å². The third kappa shape index (κ3) is 5.90. The second kappa shape index (κ2) is 7.59. The van der Waals surface area contributed by atoms with Crippen LogP contribution in [0.1, 0.15) is 26.7 Å². The Morgan fingerprint density at radius 2 is 2.18 bits per heavy atom. The van der Waals surface area contributed by atoms with Gasteiger partial charge in [0.15, 0.2) is 6.29 Å². The summed E-state index contributed by atoms with van der Waals surface area (Å²) in [6, 6.07) is 0. The molecule has 0 amide bonds. The average Bonchev–Trinajstić information content (AvgIpc) is 2.03. The topological polar surface area (TPSA) is 18.5 Å². The Balaban J connectivity index is 3.40. The van der Waals surface area contributed by atoms with E-state index in [1.807, 2.05) is 0 Å². The predicted octanol–water partition coefficient (Wildman–Crippen LogP) is 1.80. The maximum Gasteiger partial charge on any atom is 0.158 e. The molecule has 0 aliphatic heterocycles. The van der Waals surface area contributed by atoms with Gasteiger partial charge in [-0.3, -0.25) is 0 Å². The van der Waals surface area contributed by atoms with Gasteiger partial charge in [-0.25, -0.2) is 0 Å². The van der Waals surface area contributed by atoms with Crippen molar-refractivity contribution in [3.8, 4) is 11.8 Å². The van der Waals surface area contributed by atoms with Gasteiger partial charge in [0.25, 0.3) is 0 Å². The molecule has 0 saturated heterocycles. The Morgan fingerprint density at radius 1 is 1.45 bits per heavy atom. The second-order valence-electron chi connectivity index (χ2n) is 2.19. The molecule has 0 heterocycles. The maximum absolute atomic E-state index is 5.28. The molecule has 0 radical (unpaired) electrons. The van der Waals surface area contributed by atoms with Crippen molar-refractivity contribution in [2.45, 2.75) is 33.0 Å². The van der Waals surface area contributed by atoms with Crippen LogP contribution in [0.25, 0.3) is 0 Å². The van der Waals surface area contributed by atoms with E-state index in [-0.39, 0.29) is 6.29 Å². The summed E-state index contributed by atoms with van der Waals surface area (Å²) >= 11 is 0. The largest absolute Gasteiger partial charge is 0.356 e. The summed E-state index contributed by atoms with van der Waals surface area (Å²) in [7, 11) is 1.65. The summed E-state index contributed by atoms with van der Waals surface area (Å²) < 4.78 is 10.3. The number of rotatable bonds is 5. The summed E-state index contributed by atoms with van der Waals surface area (Å²) in [5, 5.41) is 0. The van der Waals surface area contributed by atoms with Crippen LogP contribution in [0.15, 0.2) is 0 Å². The highest BCUT2D eigenvalue weighted by Gasteiger charge is 2.03. The van der Waals surface area contributed by atoms with Crippen LogP contribution in [-0.4, -0.2) is 20.0 Å². The summed E-state index contributed by atoms with van der Waals surface area (Å²) in [6.07, 6.45) is 1.92. The van der Waals surface area contributed by atoms with Gasteiger partial charge in [-0.05, 0) is 13.3 Å². The minimum absolute atomic E-state index is 0.0825. The van der Waals surface area contributed by atoms with Gasteiger partial charge in [-0.15, -0.1) is 5.92 Å². The highest BCUT2D eigenvalue weighted by Crippen LogP contribution is 2.01. The van der Waals surface area contributed by atoms with Crippen LogP contribution in [0.2, 0.25) is 0 Å². The van der Waals surface area contributed by atoms with E-state index >= 15 is 0 Å². The predicted molar refractivity (Wildman–Crippen MR) is 45.1 cm³/mol. The van der Waals surface area contributed by atoms with E-state index in [0.29, 0.717) is 6.61 Å². The molecule has 0 aliphatic rings. The lowest BCUT2D eigenvalue weighted by atomic mass is 10.3.